The summed E-state index contributed by atoms with van der Waals surface area (Å²) in [6.07, 6.45) is 6.83. The van der Waals surface area contributed by atoms with Gasteiger partial charge in [-0.25, -0.2) is 0 Å². The highest BCUT2D eigenvalue weighted by molar-refractivity contribution is 6.43. The van der Waals surface area contributed by atoms with Crippen LogP contribution >= 0.6 is 23.2 Å². The molecule has 1 atom stereocenters. The molecule has 0 bridgehead atoms. The third-order valence-corrected chi connectivity index (χ3v) is 7.15. The van der Waals surface area contributed by atoms with Crippen LogP contribution in [0.2, 0.25) is 10.0 Å². The zero-order valence-corrected chi connectivity index (χ0v) is 19.0. The molecule has 2 aromatic rings. The van der Waals surface area contributed by atoms with Crippen molar-refractivity contribution in [3.05, 3.63) is 63.6 Å². The van der Waals surface area contributed by atoms with Gasteiger partial charge in [0.2, 0.25) is 0 Å². The van der Waals surface area contributed by atoms with E-state index in [1.54, 1.807) is 18.2 Å². The molecule has 156 valence electrons. The summed E-state index contributed by atoms with van der Waals surface area (Å²) in [5.74, 6) is -0.157. The van der Waals surface area contributed by atoms with Crippen molar-refractivity contribution >= 4 is 34.8 Å². The molecule has 0 saturated heterocycles. The number of amides is 1. The van der Waals surface area contributed by atoms with Crippen LogP contribution in [0.4, 0.5) is 5.69 Å². The van der Waals surface area contributed by atoms with E-state index in [9.17, 15) is 4.79 Å². The van der Waals surface area contributed by atoms with E-state index in [-0.39, 0.29) is 17.4 Å². The summed E-state index contributed by atoms with van der Waals surface area (Å²) in [4.78, 5) is 15.1. The number of carbonyl (C=O) groups excluding carboxylic acids is 1. The van der Waals surface area contributed by atoms with Gasteiger partial charge in [0.05, 0.1) is 15.6 Å². The van der Waals surface area contributed by atoms with Crippen LogP contribution in [0, 0.1) is 5.41 Å². The zero-order valence-electron chi connectivity index (χ0n) is 17.5. The topological polar surface area (TPSA) is 32.3 Å². The lowest BCUT2D eigenvalue weighted by atomic mass is 9.66. The van der Waals surface area contributed by atoms with Gasteiger partial charge in [-0.2, -0.15) is 0 Å². The van der Waals surface area contributed by atoms with Crippen molar-refractivity contribution in [3.63, 3.8) is 0 Å². The van der Waals surface area contributed by atoms with Crippen LogP contribution in [0.3, 0.4) is 0 Å². The van der Waals surface area contributed by atoms with Gasteiger partial charge in [0.25, 0.3) is 5.91 Å². The fourth-order valence-electron chi connectivity index (χ4n) is 4.60. The predicted octanol–water partition coefficient (Wildman–Crippen LogP) is 6.37. The highest BCUT2D eigenvalue weighted by Crippen LogP contribution is 2.43. The minimum atomic E-state index is -0.157. The number of hydrogen-bond acceptors (Lipinski definition) is 2. The predicted molar refractivity (Wildman–Crippen MR) is 123 cm³/mol. The highest BCUT2D eigenvalue weighted by Gasteiger charge is 2.39. The number of anilines is 1. The largest absolute Gasteiger partial charge is 0.377 e. The third kappa shape index (κ3) is 4.90. The maximum atomic E-state index is 13.0. The molecule has 1 aliphatic carbocycles. The first-order valence-corrected chi connectivity index (χ1v) is 11.1. The Labute approximate surface area is 184 Å². The van der Waals surface area contributed by atoms with E-state index in [1.807, 2.05) is 0 Å². The molecule has 0 spiro atoms. The monoisotopic (exact) mass is 432 g/mol. The molecule has 0 radical (unpaired) electrons. The Balaban J connectivity index is 1.86. The number of nitrogens with one attached hydrogen (secondary N) is 1. The number of benzene rings is 2. The fraction of sp³-hybridized carbons (Fsp3) is 0.458. The second-order valence-electron chi connectivity index (χ2n) is 8.42. The van der Waals surface area contributed by atoms with Crippen molar-refractivity contribution in [2.45, 2.75) is 51.5 Å². The van der Waals surface area contributed by atoms with Crippen LogP contribution in [0.5, 0.6) is 0 Å². The van der Waals surface area contributed by atoms with Gasteiger partial charge in [-0.15, -0.1) is 0 Å². The summed E-state index contributed by atoms with van der Waals surface area (Å²) in [6, 6.07) is 13.8. The zero-order chi connectivity index (χ0) is 21.0. The van der Waals surface area contributed by atoms with Crippen LogP contribution in [-0.2, 0) is 6.42 Å². The minimum absolute atomic E-state index is 0.0283. The van der Waals surface area contributed by atoms with Gasteiger partial charge < -0.3 is 10.2 Å². The van der Waals surface area contributed by atoms with Gasteiger partial charge in [-0.05, 0) is 55.4 Å². The number of halogens is 2. The van der Waals surface area contributed by atoms with E-state index in [0.29, 0.717) is 15.6 Å². The molecule has 0 aromatic heterocycles. The Morgan fingerprint density at radius 3 is 2.45 bits per heavy atom. The fourth-order valence-corrected chi connectivity index (χ4v) is 4.99. The molecular formula is C24H30Cl2N2O. The highest BCUT2D eigenvalue weighted by atomic mass is 35.5. The van der Waals surface area contributed by atoms with Crippen molar-refractivity contribution in [3.8, 4) is 0 Å². The van der Waals surface area contributed by atoms with E-state index >= 15 is 0 Å². The second-order valence-corrected chi connectivity index (χ2v) is 9.20. The van der Waals surface area contributed by atoms with Crippen molar-refractivity contribution < 1.29 is 4.79 Å². The van der Waals surface area contributed by atoms with Crippen LogP contribution in [-0.4, -0.2) is 26.0 Å². The average molecular weight is 433 g/mol. The van der Waals surface area contributed by atoms with Crippen LogP contribution in [0.1, 0.15) is 54.9 Å². The van der Waals surface area contributed by atoms with Crippen LogP contribution in [0.15, 0.2) is 42.5 Å². The van der Waals surface area contributed by atoms with Crippen LogP contribution in [0.25, 0.3) is 0 Å². The molecule has 1 fully saturated rings. The van der Waals surface area contributed by atoms with Crippen molar-refractivity contribution in [2.24, 2.45) is 5.41 Å². The van der Waals surface area contributed by atoms with E-state index < -0.39 is 0 Å². The summed E-state index contributed by atoms with van der Waals surface area (Å²) in [5, 5.41) is 3.96. The SMILES string of the molecule is C[C@H](NC(=O)c1cccc(Cl)c1Cl)C1(Cc2ccccc2N(C)C)CCCCC1. The summed E-state index contributed by atoms with van der Waals surface area (Å²) in [7, 11) is 4.16. The van der Waals surface area contributed by atoms with Crippen molar-refractivity contribution in [1.29, 1.82) is 0 Å². The normalized spacial score (nSPS) is 16.9. The molecule has 0 heterocycles. The number of rotatable bonds is 6. The van der Waals surface area contributed by atoms with Gasteiger partial charge in [-0.3, -0.25) is 4.79 Å². The summed E-state index contributed by atoms with van der Waals surface area (Å²) >= 11 is 12.4. The number of carbonyl (C=O) groups is 1. The Morgan fingerprint density at radius 2 is 1.76 bits per heavy atom. The Kier molecular flexibility index (Phi) is 7.13. The number of nitrogens with zero attached hydrogens (tertiary/aromatic N) is 1. The molecule has 29 heavy (non-hydrogen) atoms. The summed E-state index contributed by atoms with van der Waals surface area (Å²) in [5.41, 5.74) is 3.05. The minimum Gasteiger partial charge on any atom is -0.377 e. The van der Waals surface area contributed by atoms with Crippen LogP contribution < -0.4 is 10.2 Å². The van der Waals surface area contributed by atoms with E-state index in [4.69, 9.17) is 23.2 Å². The second kappa shape index (κ2) is 9.40. The Bertz CT molecular complexity index is 860. The first-order valence-electron chi connectivity index (χ1n) is 10.3. The lowest BCUT2D eigenvalue weighted by molar-refractivity contribution is 0.0824. The molecule has 0 aliphatic heterocycles. The molecular weight excluding hydrogens is 403 g/mol. The molecule has 0 unspecified atom stereocenters. The number of para-hydroxylation sites is 1. The van der Waals surface area contributed by atoms with E-state index in [0.717, 1.165) is 19.3 Å². The summed E-state index contributed by atoms with van der Waals surface area (Å²) in [6.45, 7) is 2.14. The first-order chi connectivity index (χ1) is 13.8. The summed E-state index contributed by atoms with van der Waals surface area (Å²) < 4.78 is 0. The molecule has 5 heteroatoms. The quantitative estimate of drug-likeness (QED) is 0.574. The smallest absolute Gasteiger partial charge is 0.253 e. The third-order valence-electron chi connectivity index (χ3n) is 6.33. The molecule has 1 saturated carbocycles. The molecule has 3 nitrogen and oxygen atoms in total. The number of hydrogen-bond donors (Lipinski definition) is 1. The molecule has 3 rings (SSSR count). The maximum absolute atomic E-state index is 13.0. The lowest BCUT2D eigenvalue weighted by Crippen LogP contribution is -2.48. The molecule has 1 aliphatic rings. The van der Waals surface area contributed by atoms with Gasteiger partial charge >= 0.3 is 0 Å². The average Bonchev–Trinajstić information content (AvgIpc) is 2.71. The Morgan fingerprint density at radius 1 is 1.07 bits per heavy atom. The maximum Gasteiger partial charge on any atom is 0.253 e. The molecule has 1 N–H and O–H groups in total. The van der Waals surface area contributed by atoms with Gasteiger partial charge in [0, 0.05) is 25.8 Å². The van der Waals surface area contributed by atoms with Gasteiger partial charge in [0.1, 0.15) is 0 Å². The van der Waals surface area contributed by atoms with E-state index in [2.05, 4.69) is 55.5 Å². The van der Waals surface area contributed by atoms with Crippen molar-refractivity contribution in [2.75, 3.05) is 19.0 Å². The Hall–Kier alpha value is -1.71. The standard InChI is InChI=1S/C24H30Cl2N2O/c1-17(27-23(29)19-11-9-12-20(25)22(19)26)24(14-7-4-8-15-24)16-18-10-5-6-13-21(18)28(2)3/h5-6,9-13,17H,4,7-8,14-16H2,1-3H3,(H,27,29)/t17-/m0/s1. The lowest BCUT2D eigenvalue weighted by Gasteiger charge is -2.43. The van der Waals surface area contributed by atoms with E-state index in [1.165, 1.54) is 30.5 Å². The molecule has 2 aromatic carbocycles. The van der Waals surface area contributed by atoms with Crippen molar-refractivity contribution in [1.82, 2.24) is 5.32 Å². The van der Waals surface area contributed by atoms with Gasteiger partial charge in [0.15, 0.2) is 0 Å². The first kappa shape index (κ1) is 22.0. The van der Waals surface area contributed by atoms with Gasteiger partial charge in [-0.1, -0.05) is 66.7 Å². The molecule has 1 amide bonds.